The SMILES string of the molecule is Cc1cccc(CCCNC(=O)CSc2ccccc2)c1. The Balaban J connectivity index is 1.61. The molecule has 0 fully saturated rings. The molecule has 2 nitrogen and oxygen atoms in total. The Morgan fingerprint density at radius 3 is 2.67 bits per heavy atom. The van der Waals surface area contributed by atoms with Crippen molar-refractivity contribution in [3.05, 3.63) is 65.7 Å². The van der Waals surface area contributed by atoms with Crippen molar-refractivity contribution in [3.63, 3.8) is 0 Å². The van der Waals surface area contributed by atoms with Crippen LogP contribution in [0.25, 0.3) is 0 Å². The van der Waals surface area contributed by atoms with Crippen molar-refractivity contribution in [1.29, 1.82) is 0 Å². The van der Waals surface area contributed by atoms with Crippen LogP contribution in [0.15, 0.2) is 59.5 Å². The number of nitrogens with one attached hydrogen (secondary N) is 1. The zero-order valence-electron chi connectivity index (χ0n) is 12.3. The summed E-state index contributed by atoms with van der Waals surface area (Å²) in [7, 11) is 0. The average Bonchev–Trinajstić information content (AvgIpc) is 2.51. The summed E-state index contributed by atoms with van der Waals surface area (Å²) in [5.74, 6) is 0.585. The highest BCUT2D eigenvalue weighted by molar-refractivity contribution is 8.00. The molecule has 0 aromatic heterocycles. The molecular formula is C18H21NOS. The molecule has 0 saturated heterocycles. The van der Waals surface area contributed by atoms with Crippen molar-refractivity contribution in [2.75, 3.05) is 12.3 Å². The van der Waals surface area contributed by atoms with Crippen molar-refractivity contribution in [2.24, 2.45) is 0 Å². The second-order valence-electron chi connectivity index (χ2n) is 5.04. The Morgan fingerprint density at radius 1 is 1.10 bits per heavy atom. The van der Waals surface area contributed by atoms with E-state index in [9.17, 15) is 4.79 Å². The predicted molar refractivity (Wildman–Crippen MR) is 89.7 cm³/mol. The van der Waals surface area contributed by atoms with E-state index in [0.717, 1.165) is 24.3 Å². The van der Waals surface area contributed by atoms with Gasteiger partial charge in [0.25, 0.3) is 0 Å². The van der Waals surface area contributed by atoms with Crippen molar-refractivity contribution in [2.45, 2.75) is 24.7 Å². The van der Waals surface area contributed by atoms with Crippen LogP contribution in [0, 0.1) is 6.92 Å². The second-order valence-corrected chi connectivity index (χ2v) is 6.09. The Hall–Kier alpha value is -1.74. The summed E-state index contributed by atoms with van der Waals surface area (Å²) < 4.78 is 0. The van der Waals surface area contributed by atoms with Crippen LogP contribution in [-0.2, 0) is 11.2 Å². The van der Waals surface area contributed by atoms with Crippen LogP contribution >= 0.6 is 11.8 Å². The van der Waals surface area contributed by atoms with Gasteiger partial charge in [-0.25, -0.2) is 0 Å². The molecule has 0 saturated carbocycles. The lowest BCUT2D eigenvalue weighted by Crippen LogP contribution is -2.26. The number of carbonyl (C=O) groups is 1. The minimum absolute atomic E-state index is 0.105. The van der Waals surface area contributed by atoms with Gasteiger partial charge in [0.05, 0.1) is 5.75 Å². The molecule has 0 aliphatic heterocycles. The lowest BCUT2D eigenvalue weighted by Gasteiger charge is -2.06. The van der Waals surface area contributed by atoms with Crippen LogP contribution in [0.4, 0.5) is 0 Å². The third-order valence-electron chi connectivity index (χ3n) is 3.16. The highest BCUT2D eigenvalue weighted by atomic mass is 32.2. The van der Waals surface area contributed by atoms with Crippen LogP contribution in [-0.4, -0.2) is 18.2 Å². The second kappa shape index (κ2) is 8.53. The van der Waals surface area contributed by atoms with Gasteiger partial charge in [0.15, 0.2) is 0 Å². The van der Waals surface area contributed by atoms with Gasteiger partial charge in [0.1, 0.15) is 0 Å². The lowest BCUT2D eigenvalue weighted by molar-refractivity contribution is -0.118. The number of aryl methyl sites for hydroxylation is 2. The number of thioether (sulfide) groups is 1. The molecule has 0 unspecified atom stereocenters. The van der Waals surface area contributed by atoms with E-state index < -0.39 is 0 Å². The highest BCUT2D eigenvalue weighted by Gasteiger charge is 2.02. The van der Waals surface area contributed by atoms with Gasteiger partial charge in [0.2, 0.25) is 5.91 Å². The fourth-order valence-corrected chi connectivity index (χ4v) is 2.85. The van der Waals surface area contributed by atoms with Gasteiger partial charge >= 0.3 is 0 Å². The van der Waals surface area contributed by atoms with Crippen LogP contribution < -0.4 is 5.32 Å². The Bertz CT molecular complexity index is 568. The summed E-state index contributed by atoms with van der Waals surface area (Å²) in [5, 5.41) is 2.98. The van der Waals surface area contributed by atoms with E-state index in [1.54, 1.807) is 11.8 Å². The van der Waals surface area contributed by atoms with E-state index in [2.05, 4.69) is 36.5 Å². The standard InChI is InChI=1S/C18H21NOS/c1-15-7-5-8-16(13-15)9-6-12-19-18(20)14-21-17-10-3-2-4-11-17/h2-5,7-8,10-11,13H,6,9,12,14H2,1H3,(H,19,20). The van der Waals surface area contributed by atoms with Gasteiger partial charge in [-0.3, -0.25) is 4.79 Å². The van der Waals surface area contributed by atoms with Crippen molar-refractivity contribution >= 4 is 17.7 Å². The number of benzene rings is 2. The maximum absolute atomic E-state index is 11.7. The van der Waals surface area contributed by atoms with Crippen molar-refractivity contribution in [3.8, 4) is 0 Å². The maximum atomic E-state index is 11.7. The first-order chi connectivity index (χ1) is 10.2. The van der Waals surface area contributed by atoms with Gasteiger partial charge < -0.3 is 5.32 Å². The van der Waals surface area contributed by atoms with Crippen LogP contribution in [0.5, 0.6) is 0 Å². The lowest BCUT2D eigenvalue weighted by atomic mass is 10.1. The molecule has 2 aromatic rings. The van der Waals surface area contributed by atoms with E-state index in [1.165, 1.54) is 11.1 Å². The monoisotopic (exact) mass is 299 g/mol. The summed E-state index contributed by atoms with van der Waals surface area (Å²) in [6.07, 6.45) is 1.99. The molecule has 110 valence electrons. The van der Waals surface area contributed by atoms with E-state index in [4.69, 9.17) is 0 Å². The molecule has 0 atom stereocenters. The Kier molecular flexibility index (Phi) is 6.35. The molecule has 2 rings (SSSR count). The van der Waals surface area contributed by atoms with Crippen molar-refractivity contribution < 1.29 is 4.79 Å². The smallest absolute Gasteiger partial charge is 0.230 e. The van der Waals surface area contributed by atoms with Gasteiger partial charge in [-0.2, -0.15) is 0 Å². The van der Waals surface area contributed by atoms with Crippen molar-refractivity contribution in [1.82, 2.24) is 5.32 Å². The molecular weight excluding hydrogens is 278 g/mol. The number of carbonyl (C=O) groups excluding carboxylic acids is 1. The summed E-state index contributed by atoms with van der Waals surface area (Å²) in [6.45, 7) is 2.84. The van der Waals surface area contributed by atoms with Gasteiger partial charge in [0, 0.05) is 11.4 Å². The molecule has 0 aliphatic rings. The fourth-order valence-electron chi connectivity index (χ4n) is 2.10. The fraction of sp³-hybridized carbons (Fsp3) is 0.278. The maximum Gasteiger partial charge on any atom is 0.230 e. The van der Waals surface area contributed by atoms with Gasteiger partial charge in [-0.1, -0.05) is 48.0 Å². The van der Waals surface area contributed by atoms with Crippen LogP contribution in [0.2, 0.25) is 0 Å². The summed E-state index contributed by atoms with van der Waals surface area (Å²) in [5.41, 5.74) is 2.62. The quantitative estimate of drug-likeness (QED) is 0.622. The van der Waals surface area contributed by atoms with E-state index in [-0.39, 0.29) is 5.91 Å². The van der Waals surface area contributed by atoms with Crippen LogP contribution in [0.1, 0.15) is 17.5 Å². The summed E-state index contributed by atoms with van der Waals surface area (Å²) in [6, 6.07) is 18.5. The number of hydrogen-bond acceptors (Lipinski definition) is 2. The first-order valence-corrected chi connectivity index (χ1v) is 8.23. The van der Waals surface area contributed by atoms with E-state index in [0.29, 0.717) is 5.75 Å². The van der Waals surface area contributed by atoms with Gasteiger partial charge in [-0.05, 0) is 37.5 Å². The minimum Gasteiger partial charge on any atom is -0.355 e. The minimum atomic E-state index is 0.105. The van der Waals surface area contributed by atoms with E-state index >= 15 is 0 Å². The predicted octanol–water partition coefficient (Wildman–Crippen LogP) is 3.84. The Labute approximate surface area is 131 Å². The number of hydrogen-bond donors (Lipinski definition) is 1. The molecule has 21 heavy (non-hydrogen) atoms. The third kappa shape index (κ3) is 6.05. The molecule has 0 bridgehead atoms. The third-order valence-corrected chi connectivity index (χ3v) is 4.17. The molecule has 0 radical (unpaired) electrons. The number of amides is 1. The van der Waals surface area contributed by atoms with Crippen LogP contribution in [0.3, 0.4) is 0 Å². The molecule has 0 heterocycles. The topological polar surface area (TPSA) is 29.1 Å². The molecule has 1 amide bonds. The first kappa shape index (κ1) is 15.6. The molecule has 0 aliphatic carbocycles. The molecule has 3 heteroatoms. The largest absolute Gasteiger partial charge is 0.355 e. The average molecular weight is 299 g/mol. The highest BCUT2D eigenvalue weighted by Crippen LogP contribution is 2.16. The first-order valence-electron chi connectivity index (χ1n) is 7.24. The zero-order chi connectivity index (χ0) is 14.9. The number of rotatable bonds is 7. The van der Waals surface area contributed by atoms with E-state index in [1.807, 2.05) is 30.3 Å². The Morgan fingerprint density at radius 2 is 1.90 bits per heavy atom. The molecule has 1 N–H and O–H groups in total. The zero-order valence-corrected chi connectivity index (χ0v) is 13.2. The molecule has 0 spiro atoms. The summed E-state index contributed by atoms with van der Waals surface area (Å²) >= 11 is 1.57. The van der Waals surface area contributed by atoms with Gasteiger partial charge in [-0.15, -0.1) is 11.8 Å². The molecule has 2 aromatic carbocycles. The summed E-state index contributed by atoms with van der Waals surface area (Å²) in [4.78, 5) is 12.9. The normalized spacial score (nSPS) is 10.3.